The minimum Gasteiger partial charge on any atom is -0.463 e. The number of hydrogen-bond donors (Lipinski definition) is 2. The molecule has 0 amide bonds. The molecule has 4 saturated carbocycles. The molecule has 4 aliphatic carbocycles. The van der Waals surface area contributed by atoms with Crippen LogP contribution in [0.4, 0.5) is 0 Å². The van der Waals surface area contributed by atoms with Gasteiger partial charge in [0.25, 0.3) is 0 Å². The van der Waals surface area contributed by atoms with E-state index in [1.165, 1.54) is 0 Å². The lowest BCUT2D eigenvalue weighted by Crippen LogP contribution is -2.62. The molecule has 4 aliphatic rings. The van der Waals surface area contributed by atoms with Crippen LogP contribution >= 0.6 is 0 Å². The molecular formula is C27H44O5. The van der Waals surface area contributed by atoms with Gasteiger partial charge in [-0.05, 0) is 106 Å². The maximum atomic E-state index is 13.3. The molecular weight excluding hydrogens is 404 g/mol. The van der Waals surface area contributed by atoms with Gasteiger partial charge in [-0.25, -0.2) is 0 Å². The lowest BCUT2D eigenvalue weighted by molar-refractivity contribution is -0.184. The molecule has 182 valence electrons. The van der Waals surface area contributed by atoms with Gasteiger partial charge in [0.1, 0.15) is 6.10 Å². The highest BCUT2D eigenvalue weighted by Gasteiger charge is 2.65. The van der Waals surface area contributed by atoms with Crippen LogP contribution in [0.2, 0.25) is 0 Å². The topological polar surface area (TPSA) is 83.8 Å². The third-order valence-corrected chi connectivity index (χ3v) is 10.4. The van der Waals surface area contributed by atoms with Crippen LogP contribution in [0.25, 0.3) is 0 Å². The third-order valence-electron chi connectivity index (χ3n) is 10.4. The second-order valence-electron chi connectivity index (χ2n) is 12.4. The van der Waals surface area contributed by atoms with E-state index in [-0.39, 0.29) is 40.5 Å². The van der Waals surface area contributed by atoms with Crippen LogP contribution in [0, 0.1) is 46.3 Å². The average Bonchev–Trinajstić information content (AvgIpc) is 3.08. The fraction of sp³-hybridized carbons (Fsp3) is 0.926. The molecule has 2 N–H and O–H groups in total. The summed E-state index contributed by atoms with van der Waals surface area (Å²) in [6.07, 6.45) is 6.49. The molecule has 5 nitrogen and oxygen atoms in total. The Hall–Kier alpha value is -0.940. The normalized spacial score (nSPS) is 46.9. The molecule has 10 atom stereocenters. The molecule has 0 aromatic rings. The predicted molar refractivity (Wildman–Crippen MR) is 123 cm³/mol. The van der Waals surface area contributed by atoms with Gasteiger partial charge in [-0.1, -0.05) is 20.8 Å². The number of ether oxygens (including phenoxy) is 1. The average molecular weight is 449 g/mol. The molecule has 0 aliphatic heterocycles. The van der Waals surface area contributed by atoms with E-state index in [4.69, 9.17) is 4.74 Å². The van der Waals surface area contributed by atoms with E-state index < -0.39 is 12.2 Å². The first kappa shape index (κ1) is 24.2. The number of Topliss-reactive ketones (excluding diaryl/α,β-unsaturated/α-hetero) is 1. The van der Waals surface area contributed by atoms with Crippen LogP contribution in [0.5, 0.6) is 0 Å². The van der Waals surface area contributed by atoms with Crippen LogP contribution in [0.15, 0.2) is 0 Å². The smallest absolute Gasteiger partial charge is 0.306 e. The SMILES string of the molecule is CC(C)OC(=O)CC[C@@H](C)[C@H]1CC[C@H]2[C@@H]3[C@H](O)C(=O)[C@@H]4C[C@H](O)CC[C@]4(C)[C@H]3CC[C@]12C. The van der Waals surface area contributed by atoms with Crippen LogP contribution in [-0.4, -0.2) is 40.3 Å². The summed E-state index contributed by atoms with van der Waals surface area (Å²) in [7, 11) is 0. The number of ketones is 1. The van der Waals surface area contributed by atoms with E-state index in [9.17, 15) is 19.8 Å². The molecule has 0 aromatic heterocycles. The van der Waals surface area contributed by atoms with Crippen molar-refractivity contribution >= 4 is 11.8 Å². The van der Waals surface area contributed by atoms with Crippen molar-refractivity contribution in [2.45, 2.75) is 111 Å². The van der Waals surface area contributed by atoms with E-state index in [0.29, 0.717) is 36.5 Å². The van der Waals surface area contributed by atoms with Gasteiger partial charge in [-0.3, -0.25) is 9.59 Å². The zero-order chi connectivity index (χ0) is 23.4. The first-order valence-electron chi connectivity index (χ1n) is 13.1. The molecule has 0 spiro atoms. The van der Waals surface area contributed by atoms with Crippen molar-refractivity contribution in [3.05, 3.63) is 0 Å². The lowest BCUT2D eigenvalue weighted by Gasteiger charge is -2.61. The lowest BCUT2D eigenvalue weighted by atomic mass is 9.43. The predicted octanol–water partition coefficient (Wildman–Crippen LogP) is 4.52. The Labute approximate surface area is 193 Å². The van der Waals surface area contributed by atoms with Crippen LogP contribution in [0.1, 0.15) is 92.4 Å². The van der Waals surface area contributed by atoms with Crippen molar-refractivity contribution in [1.82, 2.24) is 0 Å². The third kappa shape index (κ3) is 3.85. The number of fused-ring (bicyclic) bond motifs is 5. The van der Waals surface area contributed by atoms with Crippen LogP contribution < -0.4 is 0 Å². The van der Waals surface area contributed by atoms with Gasteiger partial charge in [0.05, 0.1) is 12.2 Å². The van der Waals surface area contributed by atoms with Crippen molar-refractivity contribution in [2.24, 2.45) is 46.3 Å². The Kier molecular flexibility index (Phi) is 6.57. The molecule has 4 rings (SSSR count). The van der Waals surface area contributed by atoms with Gasteiger partial charge < -0.3 is 14.9 Å². The Morgan fingerprint density at radius 1 is 1.03 bits per heavy atom. The highest BCUT2D eigenvalue weighted by Crippen LogP contribution is 2.67. The Bertz CT molecular complexity index is 734. The minimum absolute atomic E-state index is 0.00956. The molecule has 5 heteroatoms. The first-order chi connectivity index (χ1) is 15.0. The van der Waals surface area contributed by atoms with Gasteiger partial charge >= 0.3 is 5.97 Å². The molecule has 0 unspecified atom stereocenters. The number of rotatable bonds is 5. The van der Waals surface area contributed by atoms with E-state index in [2.05, 4.69) is 20.8 Å². The number of aliphatic hydroxyl groups excluding tert-OH is 2. The summed E-state index contributed by atoms with van der Waals surface area (Å²) in [6, 6.07) is 0. The zero-order valence-corrected chi connectivity index (χ0v) is 20.7. The Morgan fingerprint density at radius 3 is 2.38 bits per heavy atom. The highest BCUT2D eigenvalue weighted by atomic mass is 16.5. The molecule has 0 bridgehead atoms. The Balaban J connectivity index is 1.51. The molecule has 0 aromatic carbocycles. The molecule has 4 fully saturated rings. The zero-order valence-electron chi connectivity index (χ0n) is 20.7. The number of hydrogen-bond acceptors (Lipinski definition) is 5. The minimum atomic E-state index is -0.886. The highest BCUT2D eigenvalue weighted by molar-refractivity contribution is 5.87. The van der Waals surface area contributed by atoms with E-state index in [1.807, 2.05) is 13.8 Å². The summed E-state index contributed by atoms with van der Waals surface area (Å²) in [5, 5.41) is 21.5. The van der Waals surface area contributed by atoms with Crippen LogP contribution in [0.3, 0.4) is 0 Å². The molecule has 0 heterocycles. The van der Waals surface area contributed by atoms with E-state index in [1.54, 1.807) is 0 Å². The Morgan fingerprint density at radius 2 is 1.69 bits per heavy atom. The van der Waals surface area contributed by atoms with Crippen molar-refractivity contribution < 1.29 is 24.5 Å². The van der Waals surface area contributed by atoms with Crippen molar-refractivity contribution in [1.29, 1.82) is 0 Å². The van der Waals surface area contributed by atoms with Crippen LogP contribution in [-0.2, 0) is 14.3 Å². The quantitative estimate of drug-likeness (QED) is 0.604. The summed E-state index contributed by atoms with van der Waals surface area (Å²) < 4.78 is 5.33. The maximum Gasteiger partial charge on any atom is 0.306 e. The van der Waals surface area contributed by atoms with E-state index >= 15 is 0 Å². The number of carbonyl (C=O) groups excluding carboxylic acids is 2. The summed E-state index contributed by atoms with van der Waals surface area (Å²) in [5.41, 5.74) is 0.0209. The van der Waals surface area contributed by atoms with Crippen molar-refractivity contribution in [3.8, 4) is 0 Å². The summed E-state index contributed by atoms with van der Waals surface area (Å²) in [4.78, 5) is 25.4. The van der Waals surface area contributed by atoms with Gasteiger partial charge in [-0.2, -0.15) is 0 Å². The fourth-order valence-electron chi connectivity index (χ4n) is 8.84. The van der Waals surface area contributed by atoms with Crippen molar-refractivity contribution in [2.75, 3.05) is 0 Å². The maximum absolute atomic E-state index is 13.3. The summed E-state index contributed by atoms with van der Waals surface area (Å²) in [5.74, 6) is 1.38. The summed E-state index contributed by atoms with van der Waals surface area (Å²) >= 11 is 0. The second kappa shape index (κ2) is 8.69. The van der Waals surface area contributed by atoms with Gasteiger partial charge in [-0.15, -0.1) is 0 Å². The number of carbonyl (C=O) groups is 2. The monoisotopic (exact) mass is 448 g/mol. The molecule has 0 radical (unpaired) electrons. The standard InChI is InChI=1S/C27H44O5/c1-15(2)32-22(29)9-6-16(3)18-7-8-19-23-20(11-13-26(18,19)4)27(5)12-10-17(28)14-21(27)24(30)25(23)31/h15-21,23,25,28,31H,6-14H2,1-5H3/t16-,17-,18-,19+,20+,21+,23+,25+,26-,27-/m1/s1. The van der Waals surface area contributed by atoms with E-state index in [0.717, 1.165) is 44.9 Å². The fourth-order valence-corrected chi connectivity index (χ4v) is 8.84. The first-order valence-corrected chi connectivity index (χ1v) is 13.1. The van der Waals surface area contributed by atoms with Gasteiger partial charge in [0, 0.05) is 12.3 Å². The molecule has 32 heavy (non-hydrogen) atoms. The number of esters is 1. The van der Waals surface area contributed by atoms with Gasteiger partial charge in [0.2, 0.25) is 0 Å². The van der Waals surface area contributed by atoms with Crippen molar-refractivity contribution in [3.63, 3.8) is 0 Å². The van der Waals surface area contributed by atoms with Gasteiger partial charge in [0.15, 0.2) is 5.78 Å². The molecule has 0 saturated heterocycles. The summed E-state index contributed by atoms with van der Waals surface area (Å²) in [6.45, 7) is 10.7. The number of aliphatic hydroxyl groups is 2. The largest absolute Gasteiger partial charge is 0.463 e. The second-order valence-corrected chi connectivity index (χ2v) is 12.4.